The molecule has 0 amide bonds. The van der Waals surface area contributed by atoms with E-state index in [2.05, 4.69) is 57.3 Å². The number of hydrogen-bond donors (Lipinski definition) is 1. The molecule has 0 aliphatic rings. The van der Waals surface area contributed by atoms with Gasteiger partial charge in [0, 0.05) is 6.04 Å². The predicted molar refractivity (Wildman–Crippen MR) is 76.3 cm³/mol. The van der Waals surface area contributed by atoms with Gasteiger partial charge < -0.3 is 5.32 Å². The Kier molecular flexibility index (Phi) is 6.28. The fourth-order valence-corrected chi connectivity index (χ4v) is 2.08. The minimum Gasteiger partial charge on any atom is -0.310 e. The van der Waals surface area contributed by atoms with E-state index in [9.17, 15) is 0 Å². The Bertz CT molecular complexity index is 298. The summed E-state index contributed by atoms with van der Waals surface area (Å²) in [4.78, 5) is 0. The van der Waals surface area contributed by atoms with Gasteiger partial charge in [-0.2, -0.15) is 0 Å². The van der Waals surface area contributed by atoms with Crippen LogP contribution in [0.2, 0.25) is 0 Å². The smallest absolute Gasteiger partial charge is 0.0291 e. The second-order valence-corrected chi connectivity index (χ2v) is 4.91. The molecule has 1 heteroatoms. The van der Waals surface area contributed by atoms with E-state index in [4.69, 9.17) is 0 Å². The quantitative estimate of drug-likeness (QED) is 0.739. The van der Waals surface area contributed by atoms with Crippen LogP contribution in [0.25, 0.3) is 0 Å². The molecule has 0 aromatic heterocycles. The van der Waals surface area contributed by atoms with E-state index < -0.39 is 0 Å². The highest BCUT2D eigenvalue weighted by Gasteiger charge is 2.08. The summed E-state index contributed by atoms with van der Waals surface area (Å²) in [6, 6.07) is 9.45. The van der Waals surface area contributed by atoms with Gasteiger partial charge >= 0.3 is 0 Å². The van der Waals surface area contributed by atoms with Crippen LogP contribution in [-0.2, 0) is 6.42 Å². The first-order chi connectivity index (χ1) is 8.21. The third-order valence-electron chi connectivity index (χ3n) is 3.76. The lowest BCUT2D eigenvalue weighted by atomic mass is 10.0. The molecule has 0 fully saturated rings. The van der Waals surface area contributed by atoms with Crippen molar-refractivity contribution < 1.29 is 0 Å². The summed E-state index contributed by atoms with van der Waals surface area (Å²) in [5, 5.41) is 3.64. The summed E-state index contributed by atoms with van der Waals surface area (Å²) < 4.78 is 0. The molecule has 0 aliphatic carbocycles. The molecule has 1 N–H and O–H groups in total. The third kappa shape index (κ3) is 4.51. The molecule has 1 aromatic rings. The number of nitrogens with one attached hydrogen (secondary N) is 1. The average Bonchev–Trinajstić information content (AvgIpc) is 2.39. The minimum absolute atomic E-state index is 0.460. The largest absolute Gasteiger partial charge is 0.310 e. The van der Waals surface area contributed by atoms with Crippen LogP contribution in [0.1, 0.15) is 57.7 Å². The fourth-order valence-electron chi connectivity index (χ4n) is 2.08. The van der Waals surface area contributed by atoms with E-state index in [1.165, 1.54) is 24.0 Å². The molecular formula is C16H27N. The normalized spacial score (nSPS) is 13.0. The van der Waals surface area contributed by atoms with Crippen LogP contribution in [0.3, 0.4) is 0 Å². The van der Waals surface area contributed by atoms with E-state index in [0.717, 1.165) is 18.9 Å². The van der Waals surface area contributed by atoms with Crippen LogP contribution in [0.15, 0.2) is 24.3 Å². The number of benzene rings is 1. The van der Waals surface area contributed by atoms with Gasteiger partial charge in [0.15, 0.2) is 0 Å². The molecule has 0 saturated carbocycles. The number of rotatable bonds is 7. The van der Waals surface area contributed by atoms with Crippen molar-refractivity contribution in [2.24, 2.45) is 5.92 Å². The fraction of sp³-hybridized carbons (Fsp3) is 0.625. The second-order valence-electron chi connectivity index (χ2n) is 4.91. The topological polar surface area (TPSA) is 12.0 Å². The Labute approximate surface area is 107 Å². The van der Waals surface area contributed by atoms with E-state index >= 15 is 0 Å². The Morgan fingerprint density at radius 2 is 1.59 bits per heavy atom. The van der Waals surface area contributed by atoms with Gasteiger partial charge in [0.2, 0.25) is 0 Å². The van der Waals surface area contributed by atoms with Crippen molar-refractivity contribution in [3.8, 4) is 0 Å². The van der Waals surface area contributed by atoms with E-state index in [-0.39, 0.29) is 0 Å². The van der Waals surface area contributed by atoms with Gasteiger partial charge in [-0.25, -0.2) is 0 Å². The highest BCUT2D eigenvalue weighted by molar-refractivity contribution is 5.24. The van der Waals surface area contributed by atoms with Gasteiger partial charge in [0.25, 0.3) is 0 Å². The molecule has 1 nitrogen and oxygen atoms in total. The summed E-state index contributed by atoms with van der Waals surface area (Å²) in [5.41, 5.74) is 2.81. The molecule has 0 spiro atoms. The van der Waals surface area contributed by atoms with Crippen molar-refractivity contribution in [1.29, 1.82) is 0 Å². The maximum Gasteiger partial charge on any atom is 0.0291 e. The van der Waals surface area contributed by atoms with Gasteiger partial charge in [-0.1, -0.05) is 57.9 Å². The zero-order valence-corrected chi connectivity index (χ0v) is 11.8. The molecule has 96 valence electrons. The molecule has 1 atom stereocenters. The maximum absolute atomic E-state index is 3.64. The summed E-state index contributed by atoms with van der Waals surface area (Å²) in [7, 11) is 0. The van der Waals surface area contributed by atoms with Crippen molar-refractivity contribution in [1.82, 2.24) is 5.32 Å². The average molecular weight is 233 g/mol. The minimum atomic E-state index is 0.460. The van der Waals surface area contributed by atoms with E-state index in [0.29, 0.717) is 6.04 Å². The van der Waals surface area contributed by atoms with Crippen LogP contribution in [0.4, 0.5) is 0 Å². The second kappa shape index (κ2) is 7.50. The molecule has 0 heterocycles. The standard InChI is InChI=1S/C16H27N/c1-5-14(6-2)12-17-13(4)16-10-8-15(7-3)9-11-16/h8-11,13-14,17H,5-7,12H2,1-4H3. The lowest BCUT2D eigenvalue weighted by molar-refractivity contribution is 0.422. The summed E-state index contributed by atoms with van der Waals surface area (Å²) in [6.45, 7) is 10.1. The molecule has 0 aliphatic heterocycles. The molecule has 0 radical (unpaired) electrons. The zero-order valence-electron chi connectivity index (χ0n) is 11.8. The molecule has 17 heavy (non-hydrogen) atoms. The maximum atomic E-state index is 3.64. The Hall–Kier alpha value is -0.820. The zero-order chi connectivity index (χ0) is 12.7. The monoisotopic (exact) mass is 233 g/mol. The van der Waals surface area contributed by atoms with Crippen molar-refractivity contribution in [3.05, 3.63) is 35.4 Å². The molecule has 0 bridgehead atoms. The summed E-state index contributed by atoms with van der Waals surface area (Å²) in [6.07, 6.45) is 3.66. The molecular weight excluding hydrogens is 206 g/mol. The Morgan fingerprint density at radius 3 is 2.06 bits per heavy atom. The molecule has 0 saturated heterocycles. The first kappa shape index (κ1) is 14.2. The molecule has 1 unspecified atom stereocenters. The highest BCUT2D eigenvalue weighted by Crippen LogP contribution is 2.15. The van der Waals surface area contributed by atoms with Crippen LogP contribution in [0, 0.1) is 5.92 Å². The van der Waals surface area contributed by atoms with E-state index in [1.807, 2.05) is 0 Å². The summed E-state index contributed by atoms with van der Waals surface area (Å²) >= 11 is 0. The van der Waals surface area contributed by atoms with Crippen LogP contribution in [0.5, 0.6) is 0 Å². The van der Waals surface area contributed by atoms with Crippen molar-refractivity contribution >= 4 is 0 Å². The highest BCUT2D eigenvalue weighted by atomic mass is 14.9. The van der Waals surface area contributed by atoms with Gasteiger partial charge in [0.05, 0.1) is 0 Å². The van der Waals surface area contributed by atoms with Crippen LogP contribution < -0.4 is 5.32 Å². The van der Waals surface area contributed by atoms with Crippen molar-refractivity contribution in [2.75, 3.05) is 6.54 Å². The SMILES string of the molecule is CCc1ccc(C(C)NCC(CC)CC)cc1. The Balaban J connectivity index is 2.48. The van der Waals surface area contributed by atoms with Gasteiger partial charge in [-0.05, 0) is 36.9 Å². The van der Waals surface area contributed by atoms with Crippen molar-refractivity contribution in [2.45, 2.75) is 53.0 Å². The first-order valence-electron chi connectivity index (χ1n) is 7.03. The van der Waals surface area contributed by atoms with Gasteiger partial charge in [0.1, 0.15) is 0 Å². The van der Waals surface area contributed by atoms with Gasteiger partial charge in [-0.3, -0.25) is 0 Å². The molecule has 1 aromatic carbocycles. The number of aryl methyl sites for hydroxylation is 1. The van der Waals surface area contributed by atoms with Crippen molar-refractivity contribution in [3.63, 3.8) is 0 Å². The lowest BCUT2D eigenvalue weighted by Gasteiger charge is -2.19. The van der Waals surface area contributed by atoms with Gasteiger partial charge in [-0.15, -0.1) is 0 Å². The first-order valence-corrected chi connectivity index (χ1v) is 7.03. The third-order valence-corrected chi connectivity index (χ3v) is 3.76. The van der Waals surface area contributed by atoms with E-state index in [1.54, 1.807) is 0 Å². The number of hydrogen-bond acceptors (Lipinski definition) is 1. The predicted octanol–water partition coefficient (Wildman–Crippen LogP) is 4.34. The van der Waals surface area contributed by atoms with Crippen LogP contribution in [-0.4, -0.2) is 6.54 Å². The molecule has 1 rings (SSSR count). The lowest BCUT2D eigenvalue weighted by Crippen LogP contribution is -2.25. The Morgan fingerprint density at radius 1 is 1.00 bits per heavy atom. The summed E-state index contributed by atoms with van der Waals surface area (Å²) in [5.74, 6) is 0.812. The van der Waals surface area contributed by atoms with Crippen LogP contribution >= 0.6 is 0 Å².